The average molecular weight is 210 g/mol. The standard InChI is InChI=1S/C13H22O2/c1-4-6-7-8-10-12(9-5-2)11(3)13(14)15/h5H,2,4,6-10H2,1,3H3,(H,14,15)/b12-11-. The minimum atomic E-state index is -0.803. The molecule has 0 rings (SSSR count). The number of unbranched alkanes of at least 4 members (excludes halogenated alkanes) is 3. The maximum absolute atomic E-state index is 10.8. The summed E-state index contributed by atoms with van der Waals surface area (Å²) in [4.78, 5) is 10.8. The molecule has 0 saturated carbocycles. The van der Waals surface area contributed by atoms with Crippen molar-refractivity contribution in [1.82, 2.24) is 0 Å². The van der Waals surface area contributed by atoms with Crippen LogP contribution < -0.4 is 0 Å². The van der Waals surface area contributed by atoms with E-state index in [4.69, 9.17) is 5.11 Å². The molecule has 2 heteroatoms. The van der Waals surface area contributed by atoms with Gasteiger partial charge in [-0.15, -0.1) is 6.58 Å². The minimum absolute atomic E-state index is 0.492. The van der Waals surface area contributed by atoms with Crippen LogP contribution in [0.5, 0.6) is 0 Å². The third kappa shape index (κ3) is 6.10. The number of carbonyl (C=O) groups is 1. The van der Waals surface area contributed by atoms with Gasteiger partial charge in [0.15, 0.2) is 0 Å². The monoisotopic (exact) mass is 210 g/mol. The van der Waals surface area contributed by atoms with Gasteiger partial charge < -0.3 is 5.11 Å². The van der Waals surface area contributed by atoms with Gasteiger partial charge in [-0.05, 0) is 26.2 Å². The van der Waals surface area contributed by atoms with E-state index < -0.39 is 5.97 Å². The molecule has 0 spiro atoms. The smallest absolute Gasteiger partial charge is 0.331 e. The maximum Gasteiger partial charge on any atom is 0.331 e. The van der Waals surface area contributed by atoms with E-state index in [0.29, 0.717) is 12.0 Å². The van der Waals surface area contributed by atoms with Crippen LogP contribution in [0, 0.1) is 0 Å². The lowest BCUT2D eigenvalue weighted by Gasteiger charge is -2.07. The first-order chi connectivity index (χ1) is 7.13. The molecule has 15 heavy (non-hydrogen) atoms. The van der Waals surface area contributed by atoms with Gasteiger partial charge >= 0.3 is 5.97 Å². The van der Waals surface area contributed by atoms with Crippen molar-refractivity contribution in [1.29, 1.82) is 0 Å². The van der Waals surface area contributed by atoms with Crippen LogP contribution in [0.25, 0.3) is 0 Å². The van der Waals surface area contributed by atoms with E-state index in [-0.39, 0.29) is 0 Å². The van der Waals surface area contributed by atoms with Crippen molar-refractivity contribution < 1.29 is 9.90 Å². The van der Waals surface area contributed by atoms with Crippen molar-refractivity contribution in [2.24, 2.45) is 0 Å². The SMILES string of the molecule is C=CC/C(CCCCCC)=C(\C)C(=O)O. The summed E-state index contributed by atoms with van der Waals surface area (Å²) in [5.41, 5.74) is 1.51. The van der Waals surface area contributed by atoms with Crippen LogP contribution in [0.1, 0.15) is 52.4 Å². The van der Waals surface area contributed by atoms with Crippen LogP contribution in [0.15, 0.2) is 23.8 Å². The molecule has 0 unspecified atom stereocenters. The molecule has 0 fully saturated rings. The molecular weight excluding hydrogens is 188 g/mol. The van der Waals surface area contributed by atoms with Crippen molar-refractivity contribution >= 4 is 5.97 Å². The summed E-state index contributed by atoms with van der Waals surface area (Å²) in [7, 11) is 0. The van der Waals surface area contributed by atoms with E-state index in [9.17, 15) is 4.79 Å². The van der Waals surface area contributed by atoms with E-state index in [2.05, 4.69) is 13.5 Å². The van der Waals surface area contributed by atoms with Crippen LogP contribution in [-0.2, 0) is 4.79 Å². The molecule has 0 heterocycles. The Hall–Kier alpha value is -1.05. The molecule has 0 bridgehead atoms. The van der Waals surface area contributed by atoms with Crippen LogP contribution in [-0.4, -0.2) is 11.1 Å². The predicted octanol–water partition coefficient (Wildman–Crippen LogP) is 3.93. The van der Waals surface area contributed by atoms with Gasteiger partial charge in [0.1, 0.15) is 0 Å². The highest BCUT2D eigenvalue weighted by Gasteiger charge is 2.07. The molecule has 0 aromatic rings. The van der Waals surface area contributed by atoms with Crippen molar-refractivity contribution in [3.8, 4) is 0 Å². The highest BCUT2D eigenvalue weighted by atomic mass is 16.4. The summed E-state index contributed by atoms with van der Waals surface area (Å²) in [5.74, 6) is -0.803. The first-order valence-electron chi connectivity index (χ1n) is 5.66. The average Bonchev–Trinajstić information content (AvgIpc) is 2.21. The van der Waals surface area contributed by atoms with Crippen molar-refractivity contribution in [3.05, 3.63) is 23.8 Å². The highest BCUT2D eigenvalue weighted by molar-refractivity contribution is 5.86. The Balaban J connectivity index is 4.21. The molecule has 0 amide bonds. The Morgan fingerprint density at radius 2 is 2.00 bits per heavy atom. The Kier molecular flexibility index (Phi) is 7.69. The molecule has 0 radical (unpaired) electrons. The van der Waals surface area contributed by atoms with Crippen LogP contribution in [0.4, 0.5) is 0 Å². The number of hydrogen-bond donors (Lipinski definition) is 1. The Morgan fingerprint density at radius 1 is 1.33 bits per heavy atom. The normalized spacial score (nSPS) is 12.1. The molecule has 0 aliphatic carbocycles. The van der Waals surface area contributed by atoms with Gasteiger partial charge in [-0.1, -0.05) is 37.8 Å². The third-order valence-corrected chi connectivity index (χ3v) is 2.57. The van der Waals surface area contributed by atoms with Gasteiger partial charge in [0.05, 0.1) is 0 Å². The number of allylic oxidation sites excluding steroid dienone is 2. The largest absolute Gasteiger partial charge is 0.478 e. The number of hydrogen-bond acceptors (Lipinski definition) is 1. The van der Waals surface area contributed by atoms with Gasteiger partial charge in [-0.25, -0.2) is 4.79 Å². The van der Waals surface area contributed by atoms with E-state index in [1.807, 2.05) is 0 Å². The number of aliphatic carboxylic acids is 1. The van der Waals surface area contributed by atoms with Crippen LogP contribution in [0.2, 0.25) is 0 Å². The quantitative estimate of drug-likeness (QED) is 0.374. The molecule has 86 valence electrons. The van der Waals surface area contributed by atoms with E-state index in [0.717, 1.165) is 18.4 Å². The summed E-state index contributed by atoms with van der Waals surface area (Å²) in [6, 6.07) is 0. The first-order valence-corrected chi connectivity index (χ1v) is 5.66. The molecule has 0 aromatic heterocycles. The molecule has 2 nitrogen and oxygen atoms in total. The Labute approximate surface area is 92.7 Å². The Bertz CT molecular complexity index is 239. The number of carboxylic acids is 1. The van der Waals surface area contributed by atoms with Crippen molar-refractivity contribution in [2.75, 3.05) is 0 Å². The molecular formula is C13H22O2. The van der Waals surface area contributed by atoms with Crippen LogP contribution in [0.3, 0.4) is 0 Å². The zero-order valence-electron chi connectivity index (χ0n) is 9.88. The van der Waals surface area contributed by atoms with E-state index >= 15 is 0 Å². The summed E-state index contributed by atoms with van der Waals surface area (Å²) in [6.45, 7) is 7.51. The van der Waals surface area contributed by atoms with Crippen LogP contribution >= 0.6 is 0 Å². The van der Waals surface area contributed by atoms with Crippen molar-refractivity contribution in [2.45, 2.75) is 52.4 Å². The molecule has 0 aliphatic heterocycles. The second-order valence-electron chi connectivity index (χ2n) is 3.84. The lowest BCUT2D eigenvalue weighted by Crippen LogP contribution is -2.01. The van der Waals surface area contributed by atoms with Gasteiger partial charge in [0.2, 0.25) is 0 Å². The summed E-state index contributed by atoms with van der Waals surface area (Å²) >= 11 is 0. The van der Waals surface area contributed by atoms with Gasteiger partial charge in [0.25, 0.3) is 0 Å². The summed E-state index contributed by atoms with van der Waals surface area (Å²) < 4.78 is 0. The Morgan fingerprint density at radius 3 is 2.47 bits per heavy atom. The highest BCUT2D eigenvalue weighted by Crippen LogP contribution is 2.18. The second-order valence-corrected chi connectivity index (χ2v) is 3.84. The molecule has 0 saturated heterocycles. The third-order valence-electron chi connectivity index (χ3n) is 2.57. The van der Waals surface area contributed by atoms with E-state index in [1.165, 1.54) is 19.3 Å². The van der Waals surface area contributed by atoms with Gasteiger partial charge in [-0.3, -0.25) is 0 Å². The molecule has 0 aromatic carbocycles. The number of carboxylic acid groups (broad SMARTS) is 1. The summed E-state index contributed by atoms with van der Waals surface area (Å²) in [6.07, 6.45) is 8.08. The second kappa shape index (κ2) is 8.27. The lowest BCUT2D eigenvalue weighted by atomic mass is 9.99. The van der Waals surface area contributed by atoms with E-state index in [1.54, 1.807) is 13.0 Å². The zero-order valence-corrected chi connectivity index (χ0v) is 9.88. The fraction of sp³-hybridized carbons (Fsp3) is 0.615. The summed E-state index contributed by atoms with van der Waals surface area (Å²) in [5, 5.41) is 8.89. The fourth-order valence-electron chi connectivity index (χ4n) is 1.53. The predicted molar refractivity (Wildman–Crippen MR) is 63.9 cm³/mol. The molecule has 0 aliphatic rings. The minimum Gasteiger partial charge on any atom is -0.478 e. The number of rotatable bonds is 8. The maximum atomic E-state index is 10.8. The van der Waals surface area contributed by atoms with Gasteiger partial charge in [-0.2, -0.15) is 0 Å². The lowest BCUT2D eigenvalue weighted by molar-refractivity contribution is -0.132. The molecule has 0 atom stereocenters. The topological polar surface area (TPSA) is 37.3 Å². The van der Waals surface area contributed by atoms with Gasteiger partial charge in [0, 0.05) is 5.57 Å². The zero-order chi connectivity index (χ0) is 11.7. The first kappa shape index (κ1) is 13.9. The molecule has 1 N–H and O–H groups in total. The fourth-order valence-corrected chi connectivity index (χ4v) is 1.53. The van der Waals surface area contributed by atoms with Crippen molar-refractivity contribution in [3.63, 3.8) is 0 Å².